The first kappa shape index (κ1) is 95.5. The summed E-state index contributed by atoms with van der Waals surface area (Å²) in [7, 11) is -14.4. The van der Waals surface area contributed by atoms with E-state index in [1.54, 1.807) is 110 Å². The molecule has 0 aliphatic rings. The number of nitrogens with one attached hydrogen (secondary N) is 4. The van der Waals surface area contributed by atoms with Crippen molar-refractivity contribution in [2.75, 3.05) is 26.0 Å². The predicted octanol–water partition coefficient (Wildman–Crippen LogP) is 21.7. The number of pyridine rings is 4. The Morgan fingerprint density at radius 2 is 0.659 bits per heavy atom. The van der Waals surface area contributed by atoms with Gasteiger partial charge in [-0.05, 0) is 171 Å². The van der Waals surface area contributed by atoms with Crippen LogP contribution in [0.25, 0.3) is 0 Å². The third-order valence-electron chi connectivity index (χ3n) is 18.0. The molecule has 0 saturated heterocycles. The van der Waals surface area contributed by atoms with E-state index in [4.69, 9.17) is 67.5 Å². The summed E-state index contributed by atoms with van der Waals surface area (Å²) in [5.74, 6) is -3.05. The second-order valence-corrected chi connectivity index (χ2v) is 40.3. The van der Waals surface area contributed by atoms with E-state index in [0.717, 1.165) is 52.7 Å². The number of nitro benzene ring substituents is 1. The molecule has 0 bridgehead atoms. The van der Waals surface area contributed by atoms with Crippen molar-refractivity contribution < 1.29 is 71.2 Å². The number of anilines is 4. The van der Waals surface area contributed by atoms with E-state index >= 15 is 0 Å². The standard InChI is InChI=1S/C22H20Cl2N2O3S.C22H19ClF2N2O3S.C22H20ClN3O5S.C22H23ClN2O4S/c1-22(2,3)15-7-9-18(10-8-15)30(28,29)26-19-12-17(24)13-25-20(19)21(27)14-5-4-6-16(23)11-14;1-22(2,3)14-5-7-16(8-6-14)31(29,30)27-19-11-15(23)12-26-20(19)21(28)13-4-9-17(24)18(25)10-13;1-22(2,3)15-7-9-18(10-8-15)32(30,31)25-19-12-16(23)13-24-20(19)21(27)14-5-4-6-17(11-14)26(28)29;1-22(2,3)15-5-11-19(12-6-15)30(26,27)25-20-13-16(23)14-24-21(20)29-18-9-7-17(28-4)8-10-18/h4-13,26H,1-3H3;4-12,27H,1-3H3;4-13,25H,1-3H3;5-14,25H,1-4H3. The van der Waals surface area contributed by atoms with Crippen LogP contribution in [0.3, 0.4) is 0 Å². The highest BCUT2D eigenvalue weighted by atomic mass is 35.5. The third kappa shape index (κ3) is 25.7. The molecule has 0 spiro atoms. The summed E-state index contributed by atoms with van der Waals surface area (Å²) in [4.78, 5) is 65.3. The van der Waals surface area contributed by atoms with E-state index in [1.807, 2.05) is 62.3 Å². The van der Waals surface area contributed by atoms with Crippen molar-refractivity contribution in [2.24, 2.45) is 0 Å². The third-order valence-corrected chi connectivity index (χ3v) is 24.6. The van der Waals surface area contributed by atoms with Crippen molar-refractivity contribution in [1.29, 1.82) is 0 Å². The fourth-order valence-electron chi connectivity index (χ4n) is 11.2. The molecular formula is C88H82Cl5F2N9O15S4. The molecule has 4 N–H and O–H groups in total. The molecule has 4 aromatic heterocycles. The van der Waals surface area contributed by atoms with Crippen molar-refractivity contribution in [3.8, 4) is 17.4 Å². The fourth-order valence-corrected chi connectivity index (χ4v) is 16.3. The van der Waals surface area contributed by atoms with Crippen LogP contribution in [-0.4, -0.2) is 83.0 Å². The summed E-state index contributed by atoms with van der Waals surface area (Å²) in [5.41, 5.74) is 2.49. The van der Waals surface area contributed by atoms with Gasteiger partial charge in [-0.15, -0.1) is 0 Å². The molecule has 12 aromatic rings. The molecule has 4 heterocycles. The molecular weight excluding hydrogens is 1770 g/mol. The average Bonchev–Trinajstić information content (AvgIpc) is 0.802. The molecule has 12 rings (SSSR count). The van der Waals surface area contributed by atoms with Gasteiger partial charge in [-0.2, -0.15) is 0 Å². The Hall–Kier alpha value is -11.3. The molecule has 24 nitrogen and oxygen atoms in total. The number of benzene rings is 8. The molecule has 0 atom stereocenters. The summed E-state index contributed by atoms with van der Waals surface area (Å²) in [6.45, 7) is 24.4. The lowest BCUT2D eigenvalue weighted by atomic mass is 9.87. The number of nitrogens with zero attached hydrogens (tertiary/aromatic N) is 5. The number of carbonyl (C=O) groups excluding carboxylic acids is 3. The van der Waals surface area contributed by atoms with E-state index < -0.39 is 74.0 Å². The van der Waals surface area contributed by atoms with E-state index in [0.29, 0.717) is 16.5 Å². The zero-order chi connectivity index (χ0) is 90.7. The number of methoxy groups -OCH3 is 1. The molecule has 0 aliphatic heterocycles. The Morgan fingerprint density at radius 3 is 0.976 bits per heavy atom. The summed E-state index contributed by atoms with van der Waals surface area (Å²) >= 11 is 29.9. The molecule has 0 amide bonds. The number of ether oxygens (including phenoxy) is 2. The average molecular weight is 1850 g/mol. The van der Waals surface area contributed by atoms with Crippen LogP contribution in [0.4, 0.5) is 37.2 Å². The number of non-ortho nitro benzene ring substituents is 1. The number of sulfonamides is 4. The monoisotopic (exact) mass is 1850 g/mol. The first-order chi connectivity index (χ1) is 57.3. The highest BCUT2D eigenvalue weighted by molar-refractivity contribution is 7.93. The van der Waals surface area contributed by atoms with Gasteiger partial charge in [-0.25, -0.2) is 62.4 Å². The van der Waals surface area contributed by atoms with Crippen molar-refractivity contribution in [1.82, 2.24) is 19.9 Å². The molecule has 0 fully saturated rings. The number of aromatic nitrogens is 4. The van der Waals surface area contributed by atoms with E-state index in [2.05, 4.69) is 59.6 Å². The number of rotatable bonds is 22. The topological polar surface area (TPSA) is 349 Å². The van der Waals surface area contributed by atoms with Crippen LogP contribution < -0.4 is 28.4 Å². The maximum Gasteiger partial charge on any atom is 0.270 e. The second kappa shape index (κ2) is 39.0. The maximum atomic E-state index is 13.5. The Kier molecular flexibility index (Phi) is 30.3. The molecule has 0 unspecified atom stereocenters. The van der Waals surface area contributed by atoms with Gasteiger partial charge in [0, 0.05) is 58.6 Å². The van der Waals surface area contributed by atoms with Gasteiger partial charge < -0.3 is 9.47 Å². The van der Waals surface area contributed by atoms with Gasteiger partial charge in [-0.3, -0.25) is 43.4 Å². The lowest BCUT2D eigenvalue weighted by Gasteiger charge is -2.19. The Balaban J connectivity index is 0.000000186. The van der Waals surface area contributed by atoms with E-state index in [-0.39, 0.29) is 129 Å². The van der Waals surface area contributed by atoms with Gasteiger partial charge in [0.2, 0.25) is 23.2 Å². The van der Waals surface area contributed by atoms with Gasteiger partial charge in [0.05, 0.1) is 68.8 Å². The number of nitro groups is 1. The van der Waals surface area contributed by atoms with Crippen molar-refractivity contribution >= 4 is 144 Å². The highest BCUT2D eigenvalue weighted by Gasteiger charge is 2.29. The minimum absolute atomic E-state index is 0.000719. The quantitative estimate of drug-likeness (QED) is 0.0278. The van der Waals surface area contributed by atoms with Crippen LogP contribution in [0, 0.1) is 21.7 Å². The Labute approximate surface area is 737 Å². The van der Waals surface area contributed by atoms with Gasteiger partial charge in [0.1, 0.15) is 34.3 Å². The van der Waals surface area contributed by atoms with Crippen LogP contribution in [0.5, 0.6) is 17.4 Å². The molecule has 642 valence electrons. The largest absolute Gasteiger partial charge is 0.497 e. The normalized spacial score (nSPS) is 11.8. The minimum atomic E-state index is -4.08. The first-order valence-corrected chi connectivity index (χ1v) is 44.7. The van der Waals surface area contributed by atoms with Crippen molar-refractivity contribution in [3.63, 3.8) is 0 Å². The number of carbonyl (C=O) groups is 3. The van der Waals surface area contributed by atoms with Gasteiger partial charge >= 0.3 is 0 Å². The van der Waals surface area contributed by atoms with Gasteiger partial charge in [0.15, 0.2) is 11.6 Å². The summed E-state index contributed by atoms with van der Waals surface area (Å²) in [5, 5.41) is 12.1. The molecule has 35 heteroatoms. The van der Waals surface area contributed by atoms with Gasteiger partial charge in [-0.1, -0.05) is 214 Å². The van der Waals surface area contributed by atoms with Crippen molar-refractivity contribution in [2.45, 2.75) is 124 Å². The fraction of sp³-hybridized carbons (Fsp3) is 0.193. The summed E-state index contributed by atoms with van der Waals surface area (Å²) in [6, 6.07) is 52.2. The van der Waals surface area contributed by atoms with Crippen molar-refractivity contribution in [3.05, 3.63) is 340 Å². The van der Waals surface area contributed by atoms with Gasteiger partial charge in [0.25, 0.3) is 45.8 Å². The lowest BCUT2D eigenvalue weighted by Crippen LogP contribution is -2.18. The second-order valence-electron chi connectivity index (χ2n) is 31.4. The first-order valence-electron chi connectivity index (χ1n) is 36.9. The number of hydrogen-bond acceptors (Lipinski definition) is 19. The van der Waals surface area contributed by atoms with Crippen LogP contribution in [-0.2, 0) is 61.8 Å². The maximum absolute atomic E-state index is 13.5. The van der Waals surface area contributed by atoms with E-state index in [1.165, 1.54) is 104 Å². The summed E-state index contributed by atoms with van der Waals surface area (Å²) < 4.78 is 151. The number of halogens is 7. The van der Waals surface area contributed by atoms with Crippen LogP contribution in [0.15, 0.2) is 257 Å². The summed E-state index contributed by atoms with van der Waals surface area (Å²) in [6.07, 6.45) is 5.03. The zero-order valence-corrected chi connectivity index (χ0v) is 75.2. The lowest BCUT2D eigenvalue weighted by molar-refractivity contribution is -0.384. The van der Waals surface area contributed by atoms with Crippen LogP contribution >= 0.6 is 58.0 Å². The minimum Gasteiger partial charge on any atom is -0.497 e. The predicted molar refractivity (Wildman–Crippen MR) is 475 cm³/mol. The molecule has 123 heavy (non-hydrogen) atoms. The smallest absolute Gasteiger partial charge is 0.270 e. The van der Waals surface area contributed by atoms with E-state index in [9.17, 15) is 66.9 Å². The van der Waals surface area contributed by atoms with Crippen LogP contribution in [0.2, 0.25) is 25.1 Å². The number of ketones is 3. The molecule has 0 saturated carbocycles. The SMILES string of the molecule is CC(C)(C)c1ccc(S(=O)(=O)Nc2cc(Cl)cnc2C(=O)c2ccc(F)c(F)c2)cc1.CC(C)(C)c1ccc(S(=O)(=O)Nc2cc(Cl)cnc2C(=O)c2cccc(Cl)c2)cc1.CC(C)(C)c1ccc(S(=O)(=O)Nc2cc(Cl)cnc2C(=O)c2cccc([N+](=O)[O-])c2)cc1.COc1ccc(Oc2ncc(Cl)cc2NS(=O)(=O)c2ccc(C(C)(C)C)cc2)cc1. The zero-order valence-electron chi connectivity index (χ0n) is 68.2. The molecule has 0 radical (unpaired) electrons. The molecule has 0 aliphatic carbocycles. The highest BCUT2D eigenvalue weighted by Crippen LogP contribution is 2.36. The molecule has 8 aromatic carbocycles. The number of hydrogen-bond donors (Lipinski definition) is 4. The van der Waals surface area contributed by atoms with Crippen LogP contribution in [0.1, 0.15) is 153 Å². The Morgan fingerprint density at radius 1 is 0.358 bits per heavy atom. The Bertz CT molecular complexity index is 6440.